The van der Waals surface area contributed by atoms with E-state index in [2.05, 4.69) is 11.1 Å². The summed E-state index contributed by atoms with van der Waals surface area (Å²) in [6.07, 6.45) is 6.30. The third-order valence-corrected chi connectivity index (χ3v) is 4.13. The first-order valence-electron chi connectivity index (χ1n) is 7.75. The molecule has 0 atom stereocenters. The van der Waals surface area contributed by atoms with Crippen LogP contribution in [0.15, 0.2) is 30.5 Å². The van der Waals surface area contributed by atoms with Crippen molar-refractivity contribution in [3.05, 3.63) is 36.0 Å². The average Bonchev–Trinajstić information content (AvgIpc) is 3.26. The van der Waals surface area contributed by atoms with Crippen LogP contribution in [0.5, 0.6) is 0 Å². The lowest BCUT2D eigenvalue weighted by Crippen LogP contribution is -2.35. The molecule has 1 aliphatic carbocycles. The highest BCUT2D eigenvalue weighted by Gasteiger charge is 2.32. The molecule has 0 radical (unpaired) electrons. The summed E-state index contributed by atoms with van der Waals surface area (Å²) in [6.45, 7) is 0.974. The molecule has 1 amide bonds. The van der Waals surface area contributed by atoms with Crippen LogP contribution in [0.25, 0.3) is 10.9 Å². The lowest BCUT2D eigenvalue weighted by atomic mass is 10.1. The summed E-state index contributed by atoms with van der Waals surface area (Å²) in [5.41, 5.74) is 2.15. The zero-order valence-corrected chi connectivity index (χ0v) is 12.2. The summed E-state index contributed by atoms with van der Waals surface area (Å²) in [5.74, 6) is 0.209. The number of aromatic amines is 1. The van der Waals surface area contributed by atoms with E-state index in [-0.39, 0.29) is 12.5 Å². The van der Waals surface area contributed by atoms with Crippen LogP contribution < -0.4 is 0 Å². The Bertz CT molecular complexity index is 616. The maximum atomic E-state index is 12.6. The van der Waals surface area contributed by atoms with Crippen molar-refractivity contribution in [3.8, 4) is 0 Å². The number of carbonyl (C=O) groups excluding carboxylic acids is 1. The van der Waals surface area contributed by atoms with Gasteiger partial charge in [0.25, 0.3) is 0 Å². The molecule has 1 aliphatic rings. The number of unbranched alkanes of at least 4 members (excludes halogenated alkanes) is 1. The Morgan fingerprint density at radius 3 is 2.86 bits per heavy atom. The van der Waals surface area contributed by atoms with Gasteiger partial charge < -0.3 is 15.0 Å². The number of hydrogen-bond acceptors (Lipinski definition) is 2. The third-order valence-electron chi connectivity index (χ3n) is 4.13. The average molecular weight is 286 g/mol. The maximum Gasteiger partial charge on any atom is 0.227 e. The molecule has 3 rings (SSSR count). The van der Waals surface area contributed by atoms with Crippen molar-refractivity contribution in [1.82, 2.24) is 9.88 Å². The van der Waals surface area contributed by atoms with Crippen LogP contribution in [0.2, 0.25) is 0 Å². The van der Waals surface area contributed by atoms with Crippen LogP contribution in [0.3, 0.4) is 0 Å². The molecule has 2 N–H and O–H groups in total. The van der Waals surface area contributed by atoms with Gasteiger partial charge in [-0.3, -0.25) is 4.79 Å². The second-order valence-corrected chi connectivity index (χ2v) is 5.79. The van der Waals surface area contributed by atoms with Gasteiger partial charge in [0, 0.05) is 36.3 Å². The van der Waals surface area contributed by atoms with E-state index in [0.29, 0.717) is 12.5 Å². The number of aliphatic hydroxyl groups excluding tert-OH is 1. The minimum Gasteiger partial charge on any atom is -0.396 e. The molecule has 1 fully saturated rings. The summed E-state index contributed by atoms with van der Waals surface area (Å²) >= 11 is 0. The van der Waals surface area contributed by atoms with Crippen molar-refractivity contribution in [2.75, 3.05) is 13.2 Å². The van der Waals surface area contributed by atoms with Gasteiger partial charge in [-0.05, 0) is 37.3 Å². The number of carbonyl (C=O) groups is 1. The van der Waals surface area contributed by atoms with E-state index in [9.17, 15) is 4.79 Å². The number of aromatic nitrogens is 1. The summed E-state index contributed by atoms with van der Waals surface area (Å²) in [7, 11) is 0. The summed E-state index contributed by atoms with van der Waals surface area (Å²) in [5, 5.41) is 10.0. The van der Waals surface area contributed by atoms with E-state index < -0.39 is 0 Å². The SMILES string of the molecule is O=C(Cc1c[nH]c2ccccc12)N(CCCCO)C1CC1. The van der Waals surface area contributed by atoms with Crippen LogP contribution >= 0.6 is 0 Å². The molecule has 2 aromatic rings. The van der Waals surface area contributed by atoms with Crippen LogP contribution in [-0.2, 0) is 11.2 Å². The second kappa shape index (κ2) is 6.31. The smallest absolute Gasteiger partial charge is 0.227 e. The van der Waals surface area contributed by atoms with E-state index in [0.717, 1.165) is 48.7 Å². The van der Waals surface area contributed by atoms with Gasteiger partial charge in [-0.1, -0.05) is 18.2 Å². The molecular formula is C17H22N2O2. The molecule has 1 aromatic heterocycles. The number of nitrogens with one attached hydrogen (secondary N) is 1. The largest absolute Gasteiger partial charge is 0.396 e. The fraction of sp³-hybridized carbons (Fsp3) is 0.471. The zero-order chi connectivity index (χ0) is 14.7. The quantitative estimate of drug-likeness (QED) is 0.768. The predicted octanol–water partition coefficient (Wildman–Crippen LogP) is 2.47. The third kappa shape index (κ3) is 3.27. The van der Waals surface area contributed by atoms with Gasteiger partial charge >= 0.3 is 0 Å². The molecule has 0 spiro atoms. The van der Waals surface area contributed by atoms with Gasteiger partial charge in [-0.25, -0.2) is 0 Å². The van der Waals surface area contributed by atoms with Crippen molar-refractivity contribution >= 4 is 16.8 Å². The molecule has 1 aromatic carbocycles. The number of benzene rings is 1. The van der Waals surface area contributed by atoms with Gasteiger partial charge in [0.15, 0.2) is 0 Å². The van der Waals surface area contributed by atoms with Crippen molar-refractivity contribution < 1.29 is 9.90 Å². The van der Waals surface area contributed by atoms with E-state index in [1.165, 1.54) is 0 Å². The molecule has 112 valence electrons. The van der Waals surface area contributed by atoms with E-state index in [4.69, 9.17) is 5.11 Å². The monoisotopic (exact) mass is 286 g/mol. The van der Waals surface area contributed by atoms with Gasteiger partial charge in [-0.2, -0.15) is 0 Å². The summed E-state index contributed by atoms with van der Waals surface area (Å²) < 4.78 is 0. The molecular weight excluding hydrogens is 264 g/mol. The number of para-hydroxylation sites is 1. The topological polar surface area (TPSA) is 56.3 Å². The number of nitrogens with zero attached hydrogens (tertiary/aromatic N) is 1. The minimum atomic E-state index is 0.204. The Hall–Kier alpha value is -1.81. The Morgan fingerprint density at radius 2 is 2.10 bits per heavy atom. The molecule has 21 heavy (non-hydrogen) atoms. The Balaban J connectivity index is 1.68. The molecule has 1 heterocycles. The lowest BCUT2D eigenvalue weighted by molar-refractivity contribution is -0.131. The number of hydrogen-bond donors (Lipinski definition) is 2. The number of H-pyrrole nitrogens is 1. The molecule has 0 saturated heterocycles. The first-order chi connectivity index (χ1) is 10.3. The van der Waals surface area contributed by atoms with Crippen LogP contribution in [0, 0.1) is 0 Å². The summed E-state index contributed by atoms with van der Waals surface area (Å²) in [6, 6.07) is 8.52. The highest BCUT2D eigenvalue weighted by Crippen LogP contribution is 2.28. The van der Waals surface area contributed by atoms with Gasteiger partial charge in [0.1, 0.15) is 0 Å². The van der Waals surface area contributed by atoms with Crippen LogP contribution in [0.4, 0.5) is 0 Å². The molecule has 1 saturated carbocycles. The van der Waals surface area contributed by atoms with Gasteiger partial charge in [0.05, 0.1) is 6.42 Å². The number of rotatable bonds is 7. The number of fused-ring (bicyclic) bond motifs is 1. The zero-order valence-electron chi connectivity index (χ0n) is 12.2. The van der Waals surface area contributed by atoms with E-state index >= 15 is 0 Å². The standard InChI is InChI=1S/C17H22N2O2/c20-10-4-3-9-19(14-7-8-14)17(21)11-13-12-18-16-6-2-1-5-15(13)16/h1-2,5-6,12,14,18,20H,3-4,7-11H2. The summed E-state index contributed by atoms with van der Waals surface area (Å²) in [4.78, 5) is 17.8. The first kappa shape index (κ1) is 14.1. The fourth-order valence-electron chi connectivity index (χ4n) is 2.83. The molecule has 0 unspecified atom stereocenters. The van der Waals surface area contributed by atoms with Crippen molar-refractivity contribution in [3.63, 3.8) is 0 Å². The highest BCUT2D eigenvalue weighted by molar-refractivity contribution is 5.89. The Morgan fingerprint density at radius 1 is 1.29 bits per heavy atom. The first-order valence-corrected chi connectivity index (χ1v) is 7.75. The molecule has 4 nitrogen and oxygen atoms in total. The highest BCUT2D eigenvalue weighted by atomic mass is 16.3. The lowest BCUT2D eigenvalue weighted by Gasteiger charge is -2.22. The molecule has 4 heteroatoms. The maximum absolute atomic E-state index is 12.6. The Kier molecular flexibility index (Phi) is 4.25. The number of aliphatic hydroxyl groups is 1. The van der Waals surface area contributed by atoms with Crippen LogP contribution in [0.1, 0.15) is 31.2 Å². The van der Waals surface area contributed by atoms with Crippen molar-refractivity contribution in [2.24, 2.45) is 0 Å². The van der Waals surface area contributed by atoms with Crippen molar-refractivity contribution in [2.45, 2.75) is 38.1 Å². The Labute approximate surface area is 124 Å². The van der Waals surface area contributed by atoms with Gasteiger partial charge in [-0.15, -0.1) is 0 Å². The van der Waals surface area contributed by atoms with Gasteiger partial charge in [0.2, 0.25) is 5.91 Å². The van der Waals surface area contributed by atoms with E-state index in [1.807, 2.05) is 29.3 Å². The number of amides is 1. The molecule has 0 bridgehead atoms. The van der Waals surface area contributed by atoms with Crippen LogP contribution in [-0.4, -0.2) is 40.1 Å². The second-order valence-electron chi connectivity index (χ2n) is 5.79. The van der Waals surface area contributed by atoms with E-state index in [1.54, 1.807) is 0 Å². The minimum absolute atomic E-state index is 0.204. The molecule has 0 aliphatic heterocycles. The normalized spacial score (nSPS) is 14.5. The fourth-order valence-corrected chi connectivity index (χ4v) is 2.83. The predicted molar refractivity (Wildman–Crippen MR) is 83.1 cm³/mol. The van der Waals surface area contributed by atoms with Crippen molar-refractivity contribution in [1.29, 1.82) is 0 Å².